The second kappa shape index (κ2) is 7.93. The zero-order chi connectivity index (χ0) is 14.3. The molecular weight excluding hydrogens is 230 g/mol. The molecule has 0 aromatic heterocycles. The fourth-order valence-electron chi connectivity index (χ4n) is 2.19. The molecule has 0 radical (unpaired) electrons. The largest absolute Gasteiger partial charge is 0.309 e. The van der Waals surface area contributed by atoms with Crippen molar-refractivity contribution >= 4 is 5.71 Å². The molecule has 0 aliphatic heterocycles. The van der Waals surface area contributed by atoms with E-state index in [9.17, 15) is 0 Å². The molecule has 0 amide bonds. The Kier molecular flexibility index (Phi) is 6.55. The van der Waals surface area contributed by atoms with E-state index in [0.29, 0.717) is 11.8 Å². The topological polar surface area (TPSA) is 23.9 Å². The van der Waals surface area contributed by atoms with E-state index in [4.69, 9.17) is 5.41 Å². The highest BCUT2D eigenvalue weighted by molar-refractivity contribution is 5.87. The lowest BCUT2D eigenvalue weighted by atomic mass is 9.87. The Balaban J connectivity index is 2.82. The van der Waals surface area contributed by atoms with E-state index >= 15 is 0 Å². The van der Waals surface area contributed by atoms with Gasteiger partial charge in [-0.2, -0.15) is 0 Å². The van der Waals surface area contributed by atoms with E-state index in [1.54, 1.807) is 0 Å². The third-order valence-corrected chi connectivity index (χ3v) is 3.88. The molecule has 1 aliphatic carbocycles. The number of nitrogens with one attached hydrogen (secondary N) is 1. The summed E-state index contributed by atoms with van der Waals surface area (Å²) < 4.78 is 0. The molecule has 1 rings (SSSR count). The Morgan fingerprint density at radius 2 is 2.00 bits per heavy atom. The summed E-state index contributed by atoms with van der Waals surface area (Å²) in [4.78, 5) is 0. The molecule has 1 heteroatoms. The molecule has 1 unspecified atom stereocenters. The first-order valence-electron chi connectivity index (χ1n) is 7.32. The van der Waals surface area contributed by atoms with Crippen LogP contribution in [0.15, 0.2) is 48.1 Å². The molecule has 0 saturated heterocycles. The van der Waals surface area contributed by atoms with Crippen molar-refractivity contribution in [3.63, 3.8) is 0 Å². The molecular formula is C18H27N. The SMILES string of the molecule is C=C/C=C/C1=CCCCC=C1CC(=N)C(C)C(C)C. The van der Waals surface area contributed by atoms with Gasteiger partial charge in [0.1, 0.15) is 0 Å². The molecule has 0 spiro atoms. The van der Waals surface area contributed by atoms with Crippen molar-refractivity contribution in [1.29, 1.82) is 5.41 Å². The van der Waals surface area contributed by atoms with Gasteiger partial charge in [0.15, 0.2) is 0 Å². The maximum absolute atomic E-state index is 8.29. The molecule has 1 aliphatic rings. The van der Waals surface area contributed by atoms with Crippen LogP contribution in [0.3, 0.4) is 0 Å². The Hall–Kier alpha value is -1.37. The predicted molar refractivity (Wildman–Crippen MR) is 85.7 cm³/mol. The molecule has 19 heavy (non-hydrogen) atoms. The lowest BCUT2D eigenvalue weighted by molar-refractivity contribution is 0.525. The molecule has 0 bridgehead atoms. The van der Waals surface area contributed by atoms with Gasteiger partial charge in [0, 0.05) is 12.1 Å². The van der Waals surface area contributed by atoms with E-state index in [1.807, 2.05) is 12.2 Å². The summed E-state index contributed by atoms with van der Waals surface area (Å²) in [7, 11) is 0. The highest BCUT2D eigenvalue weighted by Crippen LogP contribution is 2.25. The summed E-state index contributed by atoms with van der Waals surface area (Å²) in [6.45, 7) is 10.3. The minimum atomic E-state index is 0.355. The first kappa shape index (κ1) is 15.7. The van der Waals surface area contributed by atoms with Crippen LogP contribution < -0.4 is 0 Å². The average Bonchev–Trinajstić information content (AvgIpc) is 2.60. The van der Waals surface area contributed by atoms with Gasteiger partial charge in [0.05, 0.1) is 0 Å². The highest BCUT2D eigenvalue weighted by atomic mass is 14.4. The van der Waals surface area contributed by atoms with E-state index < -0.39 is 0 Å². The lowest BCUT2D eigenvalue weighted by Crippen LogP contribution is -2.16. The third-order valence-electron chi connectivity index (χ3n) is 3.88. The summed E-state index contributed by atoms with van der Waals surface area (Å²) in [5, 5.41) is 8.29. The zero-order valence-corrected chi connectivity index (χ0v) is 12.6. The summed E-state index contributed by atoms with van der Waals surface area (Å²) in [6.07, 6.45) is 14.8. The maximum atomic E-state index is 8.29. The number of allylic oxidation sites excluding steroid dienone is 7. The molecule has 1 atom stereocenters. The fourth-order valence-corrected chi connectivity index (χ4v) is 2.19. The van der Waals surface area contributed by atoms with Gasteiger partial charge in [0.25, 0.3) is 0 Å². The van der Waals surface area contributed by atoms with Crippen molar-refractivity contribution < 1.29 is 0 Å². The lowest BCUT2D eigenvalue weighted by Gasteiger charge is -2.18. The van der Waals surface area contributed by atoms with Crippen molar-refractivity contribution in [3.05, 3.63) is 48.1 Å². The van der Waals surface area contributed by atoms with Gasteiger partial charge in [-0.05, 0) is 42.2 Å². The van der Waals surface area contributed by atoms with E-state index in [0.717, 1.165) is 25.0 Å². The van der Waals surface area contributed by atoms with Gasteiger partial charge in [-0.1, -0.05) is 57.7 Å². The molecule has 1 N–H and O–H groups in total. The van der Waals surface area contributed by atoms with Gasteiger partial charge in [-0.25, -0.2) is 0 Å². The first-order chi connectivity index (χ1) is 9.06. The fraction of sp³-hybridized carbons (Fsp3) is 0.500. The average molecular weight is 257 g/mol. The van der Waals surface area contributed by atoms with Crippen LogP contribution in [-0.2, 0) is 0 Å². The Bertz CT molecular complexity index is 407. The number of rotatable bonds is 6. The standard InChI is InChI=1S/C18H27N/c1-5-6-10-16-11-8-7-9-12-17(16)13-18(19)15(4)14(2)3/h5-6,10-12,14-15,19H,1,7-9,13H2,2-4H3/b10-6+,19-18?. The quantitative estimate of drug-likeness (QED) is 0.482. The van der Waals surface area contributed by atoms with Crippen LogP contribution in [-0.4, -0.2) is 5.71 Å². The Morgan fingerprint density at radius 3 is 2.63 bits per heavy atom. The monoisotopic (exact) mass is 257 g/mol. The van der Waals surface area contributed by atoms with Crippen LogP contribution in [0.2, 0.25) is 0 Å². The second-order valence-electron chi connectivity index (χ2n) is 5.65. The summed E-state index contributed by atoms with van der Waals surface area (Å²) in [5.41, 5.74) is 3.44. The minimum absolute atomic E-state index is 0.355. The van der Waals surface area contributed by atoms with Gasteiger partial charge in [-0.15, -0.1) is 0 Å². The zero-order valence-electron chi connectivity index (χ0n) is 12.6. The van der Waals surface area contributed by atoms with Gasteiger partial charge >= 0.3 is 0 Å². The maximum Gasteiger partial charge on any atom is 0.0164 e. The number of hydrogen-bond acceptors (Lipinski definition) is 1. The van der Waals surface area contributed by atoms with Crippen LogP contribution in [0.4, 0.5) is 0 Å². The Labute approximate surface area is 118 Å². The van der Waals surface area contributed by atoms with Gasteiger partial charge < -0.3 is 5.41 Å². The molecule has 1 nitrogen and oxygen atoms in total. The van der Waals surface area contributed by atoms with Crippen LogP contribution in [0.25, 0.3) is 0 Å². The van der Waals surface area contributed by atoms with Crippen LogP contribution in [0.5, 0.6) is 0 Å². The van der Waals surface area contributed by atoms with Crippen molar-refractivity contribution in [2.75, 3.05) is 0 Å². The highest BCUT2D eigenvalue weighted by Gasteiger charge is 2.16. The van der Waals surface area contributed by atoms with Crippen LogP contribution >= 0.6 is 0 Å². The van der Waals surface area contributed by atoms with Crippen LogP contribution in [0.1, 0.15) is 46.5 Å². The molecule has 0 aromatic rings. The minimum Gasteiger partial charge on any atom is -0.309 e. The van der Waals surface area contributed by atoms with E-state index in [-0.39, 0.29) is 0 Å². The van der Waals surface area contributed by atoms with Crippen LogP contribution in [0, 0.1) is 17.2 Å². The van der Waals surface area contributed by atoms with Gasteiger partial charge in [-0.3, -0.25) is 0 Å². The number of hydrogen-bond donors (Lipinski definition) is 1. The smallest absolute Gasteiger partial charge is 0.0164 e. The second-order valence-corrected chi connectivity index (χ2v) is 5.65. The molecule has 0 aromatic carbocycles. The van der Waals surface area contributed by atoms with Crippen molar-refractivity contribution in [2.24, 2.45) is 11.8 Å². The molecule has 104 valence electrons. The van der Waals surface area contributed by atoms with E-state index in [2.05, 4.69) is 45.6 Å². The summed E-state index contributed by atoms with van der Waals surface area (Å²) >= 11 is 0. The van der Waals surface area contributed by atoms with Crippen molar-refractivity contribution in [1.82, 2.24) is 0 Å². The summed E-state index contributed by atoms with van der Waals surface area (Å²) in [5.74, 6) is 0.892. The predicted octanol–water partition coefficient (Wildman–Crippen LogP) is 5.47. The van der Waals surface area contributed by atoms with Crippen molar-refractivity contribution in [3.8, 4) is 0 Å². The van der Waals surface area contributed by atoms with Crippen molar-refractivity contribution in [2.45, 2.75) is 46.5 Å². The Morgan fingerprint density at radius 1 is 1.32 bits per heavy atom. The first-order valence-corrected chi connectivity index (χ1v) is 7.32. The van der Waals surface area contributed by atoms with E-state index in [1.165, 1.54) is 17.6 Å². The third kappa shape index (κ3) is 5.02. The molecule has 0 heterocycles. The normalized spacial score (nSPS) is 17.9. The van der Waals surface area contributed by atoms with Gasteiger partial charge in [0.2, 0.25) is 0 Å². The molecule has 0 saturated carbocycles. The molecule has 0 fully saturated rings. The summed E-state index contributed by atoms with van der Waals surface area (Å²) in [6, 6.07) is 0.